The number of rotatable bonds is 3. The number of aliphatic hydroxyl groups is 2. The number of aryl methyl sites for hydroxylation is 2. The Labute approximate surface area is 84.0 Å². The molecule has 1 aromatic rings. The summed E-state index contributed by atoms with van der Waals surface area (Å²) in [7, 11) is 1.55. The van der Waals surface area contributed by atoms with Crippen molar-refractivity contribution in [1.29, 1.82) is 0 Å². The second kappa shape index (κ2) is 4.44. The molecule has 3 heteroatoms. The van der Waals surface area contributed by atoms with Gasteiger partial charge in [-0.05, 0) is 25.0 Å². The van der Waals surface area contributed by atoms with Crippen LogP contribution < -0.4 is 4.74 Å². The van der Waals surface area contributed by atoms with E-state index in [1.165, 1.54) is 0 Å². The Morgan fingerprint density at radius 3 is 1.79 bits per heavy atom. The summed E-state index contributed by atoms with van der Waals surface area (Å²) in [5.74, 6) is 0.604. The summed E-state index contributed by atoms with van der Waals surface area (Å²) in [6.07, 6.45) is 0. The van der Waals surface area contributed by atoms with E-state index in [0.29, 0.717) is 5.75 Å². The molecule has 0 saturated carbocycles. The summed E-state index contributed by atoms with van der Waals surface area (Å²) in [5, 5.41) is 18.4. The third-order valence-corrected chi connectivity index (χ3v) is 2.45. The van der Waals surface area contributed by atoms with Crippen LogP contribution >= 0.6 is 0 Å². The highest BCUT2D eigenvalue weighted by atomic mass is 16.5. The maximum atomic E-state index is 9.18. The van der Waals surface area contributed by atoms with Gasteiger partial charge in [-0.2, -0.15) is 0 Å². The molecular formula is C11H16O3. The minimum Gasteiger partial charge on any atom is -0.496 e. The van der Waals surface area contributed by atoms with Gasteiger partial charge in [0.05, 0.1) is 20.3 Å². The van der Waals surface area contributed by atoms with Gasteiger partial charge in [0.15, 0.2) is 0 Å². The Hall–Kier alpha value is -1.06. The number of ether oxygens (including phenoxy) is 1. The van der Waals surface area contributed by atoms with Gasteiger partial charge in [-0.15, -0.1) is 0 Å². The van der Waals surface area contributed by atoms with Gasteiger partial charge in [-0.1, -0.05) is 6.07 Å². The van der Waals surface area contributed by atoms with E-state index in [0.717, 1.165) is 22.3 Å². The Balaban J connectivity index is 3.43. The summed E-state index contributed by atoms with van der Waals surface area (Å²) in [4.78, 5) is 0. The van der Waals surface area contributed by atoms with E-state index >= 15 is 0 Å². The molecule has 0 fully saturated rings. The van der Waals surface area contributed by atoms with E-state index < -0.39 is 0 Å². The minimum absolute atomic E-state index is 0.0672. The van der Waals surface area contributed by atoms with Gasteiger partial charge < -0.3 is 14.9 Å². The van der Waals surface area contributed by atoms with Gasteiger partial charge in [0.25, 0.3) is 0 Å². The molecule has 0 aliphatic heterocycles. The zero-order chi connectivity index (χ0) is 10.7. The largest absolute Gasteiger partial charge is 0.496 e. The maximum absolute atomic E-state index is 9.18. The lowest BCUT2D eigenvalue weighted by Crippen LogP contribution is -2.02. The molecule has 0 aromatic heterocycles. The molecule has 0 heterocycles. The average molecular weight is 196 g/mol. The van der Waals surface area contributed by atoms with Crippen molar-refractivity contribution in [2.45, 2.75) is 27.1 Å². The zero-order valence-electron chi connectivity index (χ0n) is 8.79. The number of aliphatic hydroxyl groups excluding tert-OH is 2. The van der Waals surface area contributed by atoms with Crippen molar-refractivity contribution >= 4 is 0 Å². The smallest absolute Gasteiger partial charge is 0.130 e. The van der Waals surface area contributed by atoms with E-state index in [9.17, 15) is 10.2 Å². The molecule has 0 bridgehead atoms. The molecule has 14 heavy (non-hydrogen) atoms. The maximum Gasteiger partial charge on any atom is 0.130 e. The fourth-order valence-electron chi connectivity index (χ4n) is 1.68. The van der Waals surface area contributed by atoms with E-state index in [4.69, 9.17) is 4.74 Å². The molecule has 1 rings (SSSR count). The lowest BCUT2D eigenvalue weighted by molar-refractivity contribution is 0.259. The first-order chi connectivity index (χ1) is 6.65. The molecule has 78 valence electrons. The summed E-state index contributed by atoms with van der Waals surface area (Å²) >= 11 is 0. The molecule has 0 spiro atoms. The molecule has 1 aromatic carbocycles. The van der Waals surface area contributed by atoms with Crippen molar-refractivity contribution in [2.24, 2.45) is 0 Å². The van der Waals surface area contributed by atoms with Crippen LogP contribution in [0.5, 0.6) is 5.75 Å². The third-order valence-electron chi connectivity index (χ3n) is 2.45. The first-order valence-electron chi connectivity index (χ1n) is 4.53. The van der Waals surface area contributed by atoms with Crippen LogP contribution in [0.3, 0.4) is 0 Å². The van der Waals surface area contributed by atoms with Crippen molar-refractivity contribution in [3.8, 4) is 5.75 Å². The van der Waals surface area contributed by atoms with Crippen LogP contribution in [-0.2, 0) is 13.2 Å². The van der Waals surface area contributed by atoms with Crippen molar-refractivity contribution in [1.82, 2.24) is 0 Å². The molecule has 3 nitrogen and oxygen atoms in total. The summed E-state index contributed by atoms with van der Waals surface area (Å²) in [6, 6.07) is 1.94. The number of benzene rings is 1. The van der Waals surface area contributed by atoms with Crippen molar-refractivity contribution in [3.05, 3.63) is 28.3 Å². The predicted octanol–water partition coefficient (Wildman–Crippen LogP) is 1.30. The van der Waals surface area contributed by atoms with E-state index in [1.807, 2.05) is 19.9 Å². The molecule has 0 radical (unpaired) electrons. The fraction of sp³-hybridized carbons (Fsp3) is 0.455. The van der Waals surface area contributed by atoms with E-state index in [1.54, 1.807) is 7.11 Å². The average Bonchev–Trinajstić information content (AvgIpc) is 2.16. The summed E-state index contributed by atoms with van der Waals surface area (Å²) in [6.45, 7) is 3.70. The van der Waals surface area contributed by atoms with Crippen molar-refractivity contribution in [2.75, 3.05) is 7.11 Å². The lowest BCUT2D eigenvalue weighted by Gasteiger charge is -2.15. The second-order valence-corrected chi connectivity index (χ2v) is 3.32. The SMILES string of the molecule is COc1c(CO)c(C)cc(C)c1CO. The van der Waals surface area contributed by atoms with Gasteiger partial charge in [0.1, 0.15) is 5.75 Å². The third kappa shape index (κ3) is 1.74. The summed E-state index contributed by atoms with van der Waals surface area (Å²) in [5.41, 5.74) is 3.47. The molecule has 0 aliphatic carbocycles. The quantitative estimate of drug-likeness (QED) is 0.766. The fourth-order valence-corrected chi connectivity index (χ4v) is 1.68. The highest BCUT2D eigenvalue weighted by Gasteiger charge is 2.13. The standard InChI is InChI=1S/C11H16O3/c1-7-4-8(2)10(6-13)11(14-3)9(7)5-12/h4,12-13H,5-6H2,1-3H3. The minimum atomic E-state index is -0.0672. The van der Waals surface area contributed by atoms with Crippen molar-refractivity contribution < 1.29 is 14.9 Å². The van der Waals surface area contributed by atoms with Crippen LogP contribution in [0.15, 0.2) is 6.07 Å². The van der Waals surface area contributed by atoms with Crippen LogP contribution in [0, 0.1) is 13.8 Å². The molecule has 2 N–H and O–H groups in total. The van der Waals surface area contributed by atoms with Crippen LogP contribution in [-0.4, -0.2) is 17.3 Å². The molecule has 0 unspecified atom stereocenters. The molecule has 0 saturated heterocycles. The van der Waals surface area contributed by atoms with Crippen LogP contribution in [0.4, 0.5) is 0 Å². The topological polar surface area (TPSA) is 49.7 Å². The van der Waals surface area contributed by atoms with Gasteiger partial charge in [-0.3, -0.25) is 0 Å². The molecule has 0 atom stereocenters. The first kappa shape index (κ1) is 11.0. The highest BCUT2D eigenvalue weighted by molar-refractivity contribution is 5.49. The predicted molar refractivity (Wildman–Crippen MR) is 54.3 cm³/mol. The zero-order valence-corrected chi connectivity index (χ0v) is 8.79. The Bertz CT molecular complexity index is 304. The Morgan fingerprint density at radius 1 is 1.07 bits per heavy atom. The Morgan fingerprint density at radius 2 is 1.50 bits per heavy atom. The van der Waals surface area contributed by atoms with Gasteiger partial charge in [0.2, 0.25) is 0 Å². The Kier molecular flexibility index (Phi) is 3.49. The normalized spacial score (nSPS) is 10.4. The van der Waals surface area contributed by atoms with Gasteiger partial charge in [-0.25, -0.2) is 0 Å². The molecule has 0 amide bonds. The first-order valence-corrected chi connectivity index (χ1v) is 4.53. The number of methoxy groups -OCH3 is 1. The molecule has 0 aliphatic rings. The highest BCUT2D eigenvalue weighted by Crippen LogP contribution is 2.30. The van der Waals surface area contributed by atoms with E-state index in [-0.39, 0.29) is 13.2 Å². The van der Waals surface area contributed by atoms with Crippen molar-refractivity contribution in [3.63, 3.8) is 0 Å². The number of hydrogen-bond acceptors (Lipinski definition) is 3. The monoisotopic (exact) mass is 196 g/mol. The lowest BCUT2D eigenvalue weighted by atomic mass is 9.99. The van der Waals surface area contributed by atoms with E-state index in [2.05, 4.69) is 0 Å². The second-order valence-electron chi connectivity index (χ2n) is 3.32. The van der Waals surface area contributed by atoms with Crippen LogP contribution in [0.25, 0.3) is 0 Å². The van der Waals surface area contributed by atoms with Crippen LogP contribution in [0.2, 0.25) is 0 Å². The van der Waals surface area contributed by atoms with Crippen LogP contribution in [0.1, 0.15) is 22.3 Å². The number of hydrogen-bond donors (Lipinski definition) is 2. The summed E-state index contributed by atoms with van der Waals surface area (Å²) < 4.78 is 5.20. The van der Waals surface area contributed by atoms with Gasteiger partial charge in [0, 0.05) is 11.1 Å². The molecular weight excluding hydrogens is 180 g/mol. The van der Waals surface area contributed by atoms with Gasteiger partial charge >= 0.3 is 0 Å².